The molecule has 6 nitrogen and oxygen atoms in total. The van der Waals surface area contributed by atoms with E-state index >= 15 is 0 Å². The lowest BCUT2D eigenvalue weighted by molar-refractivity contribution is 0.103. The van der Waals surface area contributed by atoms with Crippen molar-refractivity contribution in [2.75, 3.05) is 12.8 Å². The van der Waals surface area contributed by atoms with E-state index in [9.17, 15) is 4.79 Å². The Kier molecular flexibility index (Phi) is 2.22. The van der Waals surface area contributed by atoms with Crippen molar-refractivity contribution in [1.82, 2.24) is 9.97 Å². The predicted molar refractivity (Wildman–Crippen MR) is 66.6 cm³/mol. The van der Waals surface area contributed by atoms with E-state index in [-0.39, 0.29) is 23.0 Å². The fraction of sp³-hybridized carbons (Fsp3) is 0.0769. The molecule has 0 atom stereocenters. The molecule has 1 aliphatic carbocycles. The topological polar surface area (TPSA) is 102 Å². The van der Waals surface area contributed by atoms with E-state index in [0.717, 1.165) is 0 Å². The van der Waals surface area contributed by atoms with Gasteiger partial charge in [0.05, 0.1) is 7.11 Å². The number of ether oxygens (including phenoxy) is 1. The number of benzene rings is 1. The van der Waals surface area contributed by atoms with Gasteiger partial charge < -0.3 is 10.5 Å². The Labute approximate surface area is 108 Å². The van der Waals surface area contributed by atoms with Gasteiger partial charge in [-0.3, -0.25) is 4.79 Å². The average Bonchev–Trinajstić information content (AvgIpc) is 2.70. The number of nitrogens with zero attached hydrogens (tertiary/aromatic N) is 3. The maximum atomic E-state index is 12.2. The number of rotatable bonds is 1. The SMILES string of the molecule is COc1ccc2c(c1)C(=O)c1nc(C#N)c(N)nc1-2. The van der Waals surface area contributed by atoms with Crippen LogP contribution in [0.25, 0.3) is 11.3 Å². The summed E-state index contributed by atoms with van der Waals surface area (Å²) in [6.45, 7) is 0. The largest absolute Gasteiger partial charge is 0.497 e. The standard InChI is InChI=1S/C13H8N4O2/c1-19-6-2-3-7-8(4-6)12(18)11-10(7)17-13(15)9(5-14)16-11/h2-4H,1H3,(H2,15,17). The molecule has 0 unspecified atom stereocenters. The van der Waals surface area contributed by atoms with Crippen LogP contribution in [-0.2, 0) is 0 Å². The smallest absolute Gasteiger partial charge is 0.214 e. The van der Waals surface area contributed by atoms with Crippen LogP contribution in [0.4, 0.5) is 5.82 Å². The summed E-state index contributed by atoms with van der Waals surface area (Å²) >= 11 is 0. The maximum Gasteiger partial charge on any atom is 0.214 e. The van der Waals surface area contributed by atoms with Crippen LogP contribution < -0.4 is 10.5 Å². The molecule has 6 heteroatoms. The third kappa shape index (κ3) is 1.45. The van der Waals surface area contributed by atoms with Crippen molar-refractivity contribution in [3.05, 3.63) is 35.2 Å². The summed E-state index contributed by atoms with van der Waals surface area (Å²) in [4.78, 5) is 20.3. The second-order valence-corrected chi connectivity index (χ2v) is 4.01. The molecule has 2 aromatic rings. The molecule has 0 saturated heterocycles. The highest BCUT2D eigenvalue weighted by Crippen LogP contribution is 2.36. The number of nitriles is 1. The molecule has 0 bridgehead atoms. The van der Waals surface area contributed by atoms with Gasteiger partial charge in [-0.25, -0.2) is 9.97 Å². The summed E-state index contributed by atoms with van der Waals surface area (Å²) in [5.74, 6) is 0.332. The highest BCUT2D eigenvalue weighted by Gasteiger charge is 2.31. The van der Waals surface area contributed by atoms with E-state index in [4.69, 9.17) is 15.7 Å². The Hall–Kier alpha value is -2.94. The summed E-state index contributed by atoms with van der Waals surface area (Å²) in [7, 11) is 1.52. The zero-order chi connectivity index (χ0) is 13.6. The first-order valence-electron chi connectivity index (χ1n) is 5.46. The molecule has 1 heterocycles. The average molecular weight is 252 g/mol. The molecule has 92 valence electrons. The van der Waals surface area contributed by atoms with Gasteiger partial charge in [-0.15, -0.1) is 0 Å². The van der Waals surface area contributed by atoms with Crippen molar-refractivity contribution < 1.29 is 9.53 Å². The molecule has 0 fully saturated rings. The van der Waals surface area contributed by atoms with Crippen molar-refractivity contribution in [2.24, 2.45) is 0 Å². The lowest BCUT2D eigenvalue weighted by Crippen LogP contribution is -2.05. The minimum Gasteiger partial charge on any atom is -0.497 e. The van der Waals surface area contributed by atoms with E-state index in [2.05, 4.69) is 9.97 Å². The summed E-state index contributed by atoms with van der Waals surface area (Å²) < 4.78 is 5.09. The Morgan fingerprint density at radius 3 is 2.74 bits per heavy atom. The zero-order valence-electron chi connectivity index (χ0n) is 9.97. The van der Waals surface area contributed by atoms with Gasteiger partial charge in [-0.1, -0.05) is 0 Å². The fourth-order valence-corrected chi connectivity index (χ4v) is 2.05. The third-order valence-corrected chi connectivity index (χ3v) is 2.97. The van der Waals surface area contributed by atoms with Gasteiger partial charge in [-0.2, -0.15) is 5.26 Å². The molecule has 0 radical (unpaired) electrons. The highest BCUT2D eigenvalue weighted by molar-refractivity contribution is 6.20. The van der Waals surface area contributed by atoms with Gasteiger partial charge in [0.1, 0.15) is 23.2 Å². The first-order chi connectivity index (χ1) is 9.15. The molecule has 1 aromatic carbocycles. The van der Waals surface area contributed by atoms with Crippen molar-refractivity contribution in [3.8, 4) is 23.1 Å². The number of carbonyl (C=O) groups is 1. The molecule has 0 aliphatic heterocycles. The Bertz CT molecular complexity index is 762. The van der Waals surface area contributed by atoms with Crippen LogP contribution in [0.1, 0.15) is 21.7 Å². The molecule has 1 aliphatic rings. The number of fused-ring (bicyclic) bond motifs is 3. The van der Waals surface area contributed by atoms with Gasteiger partial charge in [0.2, 0.25) is 5.78 Å². The maximum absolute atomic E-state index is 12.2. The van der Waals surface area contributed by atoms with Crippen molar-refractivity contribution >= 4 is 11.6 Å². The van der Waals surface area contributed by atoms with E-state index in [1.165, 1.54) is 7.11 Å². The van der Waals surface area contributed by atoms with E-state index in [1.54, 1.807) is 18.2 Å². The van der Waals surface area contributed by atoms with E-state index in [1.807, 2.05) is 6.07 Å². The number of hydrogen-bond donors (Lipinski definition) is 1. The number of methoxy groups -OCH3 is 1. The van der Waals surface area contributed by atoms with Crippen LogP contribution in [0.2, 0.25) is 0 Å². The van der Waals surface area contributed by atoms with Gasteiger partial charge in [0.15, 0.2) is 11.5 Å². The second-order valence-electron chi connectivity index (χ2n) is 4.01. The molecular formula is C13H8N4O2. The second kappa shape index (κ2) is 3.78. The van der Waals surface area contributed by atoms with Gasteiger partial charge in [0.25, 0.3) is 0 Å². The van der Waals surface area contributed by atoms with Gasteiger partial charge in [0, 0.05) is 11.1 Å². The van der Waals surface area contributed by atoms with Crippen LogP contribution in [0.15, 0.2) is 18.2 Å². The fourth-order valence-electron chi connectivity index (χ4n) is 2.05. The van der Waals surface area contributed by atoms with Gasteiger partial charge in [-0.05, 0) is 18.2 Å². The van der Waals surface area contributed by atoms with Crippen molar-refractivity contribution in [2.45, 2.75) is 0 Å². The Balaban J connectivity index is 2.28. The Morgan fingerprint density at radius 2 is 2.05 bits per heavy atom. The molecule has 0 spiro atoms. The van der Waals surface area contributed by atoms with Crippen LogP contribution in [0.3, 0.4) is 0 Å². The van der Waals surface area contributed by atoms with Crippen LogP contribution in [0.5, 0.6) is 5.75 Å². The van der Waals surface area contributed by atoms with Crippen molar-refractivity contribution in [1.29, 1.82) is 5.26 Å². The number of ketones is 1. The van der Waals surface area contributed by atoms with Crippen LogP contribution in [0, 0.1) is 11.3 Å². The number of nitrogens with two attached hydrogens (primary N) is 1. The summed E-state index contributed by atoms with van der Waals surface area (Å²) in [5, 5.41) is 8.87. The first-order valence-corrected chi connectivity index (χ1v) is 5.46. The monoisotopic (exact) mass is 252 g/mol. The quantitative estimate of drug-likeness (QED) is 0.697. The molecule has 1 aromatic heterocycles. The minimum atomic E-state index is -0.270. The molecule has 3 rings (SSSR count). The summed E-state index contributed by atoms with van der Waals surface area (Å²) in [6.07, 6.45) is 0. The lowest BCUT2D eigenvalue weighted by Gasteiger charge is -2.02. The third-order valence-electron chi connectivity index (χ3n) is 2.97. The Morgan fingerprint density at radius 1 is 1.26 bits per heavy atom. The number of anilines is 1. The molecule has 19 heavy (non-hydrogen) atoms. The van der Waals surface area contributed by atoms with Crippen LogP contribution >= 0.6 is 0 Å². The molecular weight excluding hydrogens is 244 g/mol. The predicted octanol–water partition coefficient (Wildman–Crippen LogP) is 1.15. The minimum absolute atomic E-state index is 0.0257. The number of carbonyl (C=O) groups excluding carboxylic acids is 1. The number of nitrogen functional groups attached to an aromatic ring is 1. The number of hydrogen-bond acceptors (Lipinski definition) is 6. The highest BCUT2D eigenvalue weighted by atomic mass is 16.5. The van der Waals surface area contributed by atoms with E-state index < -0.39 is 0 Å². The number of aromatic nitrogens is 2. The summed E-state index contributed by atoms with van der Waals surface area (Å²) in [6, 6.07) is 6.92. The molecule has 0 amide bonds. The summed E-state index contributed by atoms with van der Waals surface area (Å²) in [5.41, 5.74) is 7.29. The van der Waals surface area contributed by atoms with Gasteiger partial charge >= 0.3 is 0 Å². The first kappa shape index (κ1) is 11.2. The van der Waals surface area contributed by atoms with Crippen molar-refractivity contribution in [3.63, 3.8) is 0 Å². The zero-order valence-corrected chi connectivity index (χ0v) is 9.97. The lowest BCUT2D eigenvalue weighted by atomic mass is 10.1. The van der Waals surface area contributed by atoms with E-state index in [0.29, 0.717) is 22.6 Å². The van der Waals surface area contributed by atoms with Crippen LogP contribution in [-0.4, -0.2) is 22.9 Å². The molecule has 2 N–H and O–H groups in total. The normalized spacial score (nSPS) is 11.7. The molecule has 0 saturated carbocycles.